The topological polar surface area (TPSA) is 29.5 Å². The van der Waals surface area contributed by atoms with Crippen molar-refractivity contribution in [2.75, 3.05) is 13.6 Å². The van der Waals surface area contributed by atoms with E-state index >= 15 is 0 Å². The van der Waals surface area contributed by atoms with E-state index in [0.717, 1.165) is 15.6 Å². The molecule has 2 aromatic carbocycles. The highest BCUT2D eigenvalue weighted by Crippen LogP contribution is 2.21. The van der Waals surface area contributed by atoms with Crippen LogP contribution in [0.3, 0.4) is 0 Å². The molecular formula is C18H18INO2. The van der Waals surface area contributed by atoms with Gasteiger partial charge >= 0.3 is 0 Å². The molecule has 0 radical (unpaired) electrons. The summed E-state index contributed by atoms with van der Waals surface area (Å²) >= 11 is 2.20. The first kappa shape index (κ1) is 15.5. The van der Waals surface area contributed by atoms with Crippen LogP contribution in [0.15, 0.2) is 48.5 Å². The molecule has 3 nitrogen and oxygen atoms in total. The molecule has 0 spiro atoms. The third-order valence-electron chi connectivity index (χ3n) is 3.97. The van der Waals surface area contributed by atoms with Gasteiger partial charge in [0.2, 0.25) is 0 Å². The van der Waals surface area contributed by atoms with Crippen molar-refractivity contribution >= 4 is 28.5 Å². The number of hydrogen-bond acceptors (Lipinski definition) is 2. The predicted molar refractivity (Wildman–Crippen MR) is 94.8 cm³/mol. The fourth-order valence-electron chi connectivity index (χ4n) is 2.76. The Kier molecular flexibility index (Phi) is 4.78. The number of carbonyl (C=O) groups is 1. The van der Waals surface area contributed by atoms with Crippen LogP contribution < -0.4 is 0 Å². The minimum atomic E-state index is 0.0486. The molecule has 0 aromatic heterocycles. The number of likely N-dealkylation sites (N-methyl/N-ethyl adjacent to an activating group) is 1. The molecule has 1 aliphatic rings. The number of ether oxygens (including phenoxy) is 1. The largest absolute Gasteiger partial charge is 0.371 e. The lowest BCUT2D eigenvalue weighted by Gasteiger charge is -2.29. The number of fused-ring (bicyclic) bond motifs is 1. The first-order chi connectivity index (χ1) is 10.6. The lowest BCUT2D eigenvalue weighted by Crippen LogP contribution is -2.38. The number of benzene rings is 2. The van der Waals surface area contributed by atoms with Gasteiger partial charge in [-0.3, -0.25) is 4.79 Å². The van der Waals surface area contributed by atoms with E-state index in [1.54, 1.807) is 4.90 Å². The molecule has 0 N–H and O–H groups in total. The summed E-state index contributed by atoms with van der Waals surface area (Å²) in [6, 6.07) is 16.0. The fraction of sp³-hybridized carbons (Fsp3) is 0.278. The fourth-order valence-corrected chi connectivity index (χ4v) is 3.37. The maximum atomic E-state index is 12.6. The van der Waals surface area contributed by atoms with Crippen LogP contribution >= 0.6 is 22.6 Å². The molecule has 3 rings (SSSR count). The molecule has 114 valence electrons. The van der Waals surface area contributed by atoms with E-state index in [0.29, 0.717) is 13.2 Å². The molecule has 22 heavy (non-hydrogen) atoms. The molecule has 1 amide bonds. The summed E-state index contributed by atoms with van der Waals surface area (Å²) in [6.07, 6.45) is 0.921. The standard InChI is InChI=1S/C18H18INO2/c1-20(18(21)16-8-4-5-9-17(16)19)11-15-10-13-6-2-3-7-14(13)12-22-15/h2-9,15H,10-12H2,1H3. The summed E-state index contributed by atoms with van der Waals surface area (Å²) in [5, 5.41) is 0. The summed E-state index contributed by atoms with van der Waals surface area (Å²) in [5.74, 6) is 0.0486. The second kappa shape index (κ2) is 6.79. The molecule has 1 heterocycles. The molecule has 0 aliphatic carbocycles. The van der Waals surface area contributed by atoms with Crippen molar-refractivity contribution in [3.8, 4) is 0 Å². The van der Waals surface area contributed by atoms with Crippen LogP contribution in [0, 0.1) is 3.57 Å². The Morgan fingerprint density at radius 2 is 1.86 bits per heavy atom. The van der Waals surface area contributed by atoms with Gasteiger partial charge in [0.05, 0.1) is 18.3 Å². The minimum absolute atomic E-state index is 0.0486. The Balaban J connectivity index is 1.67. The number of carbonyl (C=O) groups excluding carboxylic acids is 1. The Bertz CT molecular complexity index is 686. The van der Waals surface area contributed by atoms with Gasteiger partial charge in [-0.05, 0) is 45.9 Å². The Hall–Kier alpha value is -1.40. The van der Waals surface area contributed by atoms with Gasteiger partial charge in [0.15, 0.2) is 0 Å². The maximum Gasteiger partial charge on any atom is 0.254 e. The summed E-state index contributed by atoms with van der Waals surface area (Å²) in [4.78, 5) is 14.3. The van der Waals surface area contributed by atoms with Crippen LogP contribution in [0.2, 0.25) is 0 Å². The lowest BCUT2D eigenvalue weighted by atomic mass is 9.99. The highest BCUT2D eigenvalue weighted by Gasteiger charge is 2.23. The van der Waals surface area contributed by atoms with Crippen molar-refractivity contribution in [3.05, 3.63) is 68.8 Å². The van der Waals surface area contributed by atoms with Gasteiger partial charge in [-0.25, -0.2) is 0 Å². The summed E-state index contributed by atoms with van der Waals surface area (Å²) in [5.41, 5.74) is 3.33. The van der Waals surface area contributed by atoms with E-state index in [9.17, 15) is 4.79 Å². The monoisotopic (exact) mass is 407 g/mol. The lowest BCUT2D eigenvalue weighted by molar-refractivity contribution is 0.00982. The van der Waals surface area contributed by atoms with Gasteiger partial charge in [-0.1, -0.05) is 36.4 Å². The van der Waals surface area contributed by atoms with E-state index in [2.05, 4.69) is 40.8 Å². The van der Waals surface area contributed by atoms with E-state index in [4.69, 9.17) is 4.74 Å². The molecular weight excluding hydrogens is 389 g/mol. The number of halogens is 1. The first-order valence-corrected chi connectivity index (χ1v) is 8.41. The number of rotatable bonds is 3. The second-order valence-corrected chi connectivity index (χ2v) is 6.73. The Morgan fingerprint density at radius 3 is 2.64 bits per heavy atom. The van der Waals surface area contributed by atoms with Crippen molar-refractivity contribution < 1.29 is 9.53 Å². The molecule has 0 bridgehead atoms. The Morgan fingerprint density at radius 1 is 1.18 bits per heavy atom. The SMILES string of the molecule is CN(CC1Cc2ccccc2CO1)C(=O)c1ccccc1I. The molecule has 1 unspecified atom stereocenters. The van der Waals surface area contributed by atoms with Gasteiger partial charge < -0.3 is 9.64 Å². The van der Waals surface area contributed by atoms with Gasteiger partial charge in [0, 0.05) is 23.6 Å². The van der Waals surface area contributed by atoms with Crippen molar-refractivity contribution in [3.63, 3.8) is 0 Å². The third-order valence-corrected chi connectivity index (χ3v) is 4.91. The molecule has 2 aromatic rings. The second-order valence-electron chi connectivity index (χ2n) is 5.57. The van der Waals surface area contributed by atoms with Crippen LogP contribution in [0.25, 0.3) is 0 Å². The van der Waals surface area contributed by atoms with Crippen LogP contribution in [0.5, 0.6) is 0 Å². The highest BCUT2D eigenvalue weighted by atomic mass is 127. The van der Waals surface area contributed by atoms with Crippen LogP contribution in [0.1, 0.15) is 21.5 Å². The number of amides is 1. The quantitative estimate of drug-likeness (QED) is 0.730. The van der Waals surface area contributed by atoms with Crippen LogP contribution in [-0.4, -0.2) is 30.5 Å². The smallest absolute Gasteiger partial charge is 0.254 e. The molecule has 0 fully saturated rings. The van der Waals surface area contributed by atoms with Gasteiger partial charge in [-0.2, -0.15) is 0 Å². The summed E-state index contributed by atoms with van der Waals surface area (Å²) < 4.78 is 6.87. The zero-order valence-corrected chi connectivity index (χ0v) is 14.6. The van der Waals surface area contributed by atoms with E-state index in [1.807, 2.05) is 37.4 Å². The highest BCUT2D eigenvalue weighted by molar-refractivity contribution is 14.1. The summed E-state index contributed by atoms with van der Waals surface area (Å²) in [7, 11) is 1.84. The van der Waals surface area contributed by atoms with Crippen molar-refractivity contribution in [1.82, 2.24) is 4.90 Å². The van der Waals surface area contributed by atoms with Gasteiger partial charge in [0.1, 0.15) is 0 Å². The average molecular weight is 407 g/mol. The Labute approximate surface area is 144 Å². The normalized spacial score (nSPS) is 16.9. The van der Waals surface area contributed by atoms with E-state index in [1.165, 1.54) is 11.1 Å². The van der Waals surface area contributed by atoms with Crippen molar-refractivity contribution in [2.24, 2.45) is 0 Å². The molecule has 0 saturated heterocycles. The predicted octanol–water partition coefficient (Wildman–Crippen LogP) is 3.50. The van der Waals surface area contributed by atoms with E-state index < -0.39 is 0 Å². The maximum absolute atomic E-state index is 12.6. The van der Waals surface area contributed by atoms with Crippen LogP contribution in [-0.2, 0) is 17.8 Å². The molecule has 1 aliphatic heterocycles. The number of nitrogens with zero attached hydrogens (tertiary/aromatic N) is 1. The van der Waals surface area contributed by atoms with E-state index in [-0.39, 0.29) is 12.0 Å². The van der Waals surface area contributed by atoms with Gasteiger partial charge in [0.25, 0.3) is 5.91 Å². The minimum Gasteiger partial charge on any atom is -0.371 e. The zero-order chi connectivity index (χ0) is 15.5. The first-order valence-electron chi connectivity index (χ1n) is 7.33. The summed E-state index contributed by atoms with van der Waals surface area (Å²) in [6.45, 7) is 1.24. The zero-order valence-electron chi connectivity index (χ0n) is 12.5. The molecule has 0 saturated carbocycles. The molecule has 4 heteroatoms. The third kappa shape index (κ3) is 3.33. The van der Waals surface area contributed by atoms with Crippen LogP contribution in [0.4, 0.5) is 0 Å². The van der Waals surface area contributed by atoms with Crippen molar-refractivity contribution in [2.45, 2.75) is 19.1 Å². The average Bonchev–Trinajstić information content (AvgIpc) is 2.54. The van der Waals surface area contributed by atoms with Crippen molar-refractivity contribution in [1.29, 1.82) is 0 Å². The molecule has 1 atom stereocenters. The number of hydrogen-bond donors (Lipinski definition) is 0. The van der Waals surface area contributed by atoms with Gasteiger partial charge in [-0.15, -0.1) is 0 Å².